The number of unbranched alkanes of at least 4 members (excludes halogenated alkanes) is 5. The van der Waals surface area contributed by atoms with E-state index in [1.165, 1.54) is 32.1 Å². The lowest BCUT2D eigenvalue weighted by molar-refractivity contribution is 0.267. The normalized spacial score (nSPS) is 11.0. The first kappa shape index (κ1) is 21.0. The highest BCUT2D eigenvalue weighted by atomic mass is 16.5. The third kappa shape index (κ3) is 5.00. The van der Waals surface area contributed by atoms with Gasteiger partial charge in [0.1, 0.15) is 11.0 Å². The number of fused-ring (bicyclic) bond motifs is 1. The lowest BCUT2D eigenvalue weighted by atomic mass is 10.1. The zero-order valence-corrected chi connectivity index (χ0v) is 17.9. The van der Waals surface area contributed by atoms with Gasteiger partial charge in [-0.1, -0.05) is 51.2 Å². The summed E-state index contributed by atoms with van der Waals surface area (Å²) in [6.45, 7) is 4.90. The van der Waals surface area contributed by atoms with Gasteiger partial charge in [-0.2, -0.15) is 4.80 Å². The van der Waals surface area contributed by atoms with Crippen LogP contribution in [-0.2, 0) is 0 Å². The summed E-state index contributed by atoms with van der Waals surface area (Å²) in [5, 5.41) is 9.22. The number of nitrogens with zero attached hydrogens (tertiary/aromatic N) is 3. The second-order valence-electron chi connectivity index (χ2n) is 7.23. The number of methoxy groups -OCH3 is 2. The average molecular weight is 398 g/mol. The van der Waals surface area contributed by atoms with Crippen molar-refractivity contribution in [2.24, 2.45) is 0 Å². The molecule has 0 unspecified atom stereocenters. The van der Waals surface area contributed by atoms with Gasteiger partial charge in [-0.3, -0.25) is 0 Å². The highest BCUT2D eigenvalue weighted by Gasteiger charge is 2.17. The molecule has 0 fully saturated rings. The molecule has 156 valence electrons. The maximum absolute atomic E-state index is 6.03. The van der Waals surface area contributed by atoms with Crippen LogP contribution in [0.2, 0.25) is 0 Å². The van der Waals surface area contributed by atoms with Crippen molar-refractivity contribution in [2.75, 3.05) is 20.8 Å². The second-order valence-corrected chi connectivity index (χ2v) is 7.23. The molecular weight excluding hydrogens is 366 g/mol. The van der Waals surface area contributed by atoms with Gasteiger partial charge in [-0.15, -0.1) is 10.2 Å². The van der Waals surface area contributed by atoms with Gasteiger partial charge < -0.3 is 14.2 Å². The highest BCUT2D eigenvalue weighted by molar-refractivity contribution is 5.77. The summed E-state index contributed by atoms with van der Waals surface area (Å²) in [5.74, 6) is 1.85. The Morgan fingerprint density at radius 1 is 0.897 bits per heavy atom. The first-order valence-corrected chi connectivity index (χ1v) is 10.4. The molecule has 0 spiro atoms. The molecule has 0 amide bonds. The summed E-state index contributed by atoms with van der Waals surface area (Å²) >= 11 is 0. The number of hydrogen-bond donors (Lipinski definition) is 0. The number of aryl methyl sites for hydroxylation is 1. The Labute approximate surface area is 172 Å². The molecule has 1 aromatic heterocycles. The van der Waals surface area contributed by atoms with Crippen LogP contribution in [-0.4, -0.2) is 35.8 Å². The van der Waals surface area contributed by atoms with Crippen LogP contribution in [0.15, 0.2) is 30.3 Å². The maximum atomic E-state index is 6.03. The fourth-order valence-electron chi connectivity index (χ4n) is 3.37. The van der Waals surface area contributed by atoms with Gasteiger partial charge in [0.2, 0.25) is 5.75 Å². The van der Waals surface area contributed by atoms with Crippen molar-refractivity contribution in [2.45, 2.75) is 52.4 Å². The molecule has 3 rings (SSSR count). The zero-order valence-electron chi connectivity index (χ0n) is 17.9. The van der Waals surface area contributed by atoms with Crippen LogP contribution >= 0.6 is 0 Å². The monoisotopic (exact) mass is 397 g/mol. The molecule has 0 bridgehead atoms. The standard InChI is InChI=1S/C23H31N3O3/c1-5-6-7-8-9-10-14-29-23-20(27-3)15-18(16-21(23)28-4)26-24-19-13-11-12-17(2)22(19)25-26/h11-13,15-16H,5-10,14H2,1-4H3. The number of rotatable bonds is 11. The molecule has 3 aromatic rings. The minimum Gasteiger partial charge on any atom is -0.493 e. The van der Waals surface area contributed by atoms with Gasteiger partial charge in [-0.25, -0.2) is 0 Å². The van der Waals surface area contributed by atoms with E-state index in [2.05, 4.69) is 17.1 Å². The third-order valence-electron chi connectivity index (χ3n) is 5.03. The number of hydrogen-bond acceptors (Lipinski definition) is 5. The van der Waals surface area contributed by atoms with Crippen molar-refractivity contribution >= 4 is 11.0 Å². The SMILES string of the molecule is CCCCCCCCOc1c(OC)cc(-n2nc3cccc(C)c3n2)cc1OC. The molecule has 2 aromatic carbocycles. The third-order valence-corrected chi connectivity index (χ3v) is 5.03. The number of benzene rings is 2. The molecule has 0 saturated heterocycles. The molecule has 1 heterocycles. The second kappa shape index (κ2) is 10.1. The Balaban J connectivity index is 1.78. The van der Waals surface area contributed by atoms with E-state index in [1.807, 2.05) is 37.3 Å². The van der Waals surface area contributed by atoms with Crippen LogP contribution in [0.5, 0.6) is 17.2 Å². The summed E-state index contributed by atoms with van der Waals surface area (Å²) in [4.78, 5) is 1.61. The van der Waals surface area contributed by atoms with Crippen LogP contribution in [0, 0.1) is 6.92 Å². The first-order chi connectivity index (χ1) is 14.2. The van der Waals surface area contributed by atoms with Crippen LogP contribution in [0.25, 0.3) is 16.7 Å². The lowest BCUT2D eigenvalue weighted by Crippen LogP contribution is -2.05. The van der Waals surface area contributed by atoms with Gasteiger partial charge in [-0.05, 0) is 25.0 Å². The topological polar surface area (TPSA) is 58.4 Å². The molecular formula is C23H31N3O3. The summed E-state index contributed by atoms with van der Waals surface area (Å²) in [5.41, 5.74) is 3.59. The Hall–Kier alpha value is -2.76. The Morgan fingerprint density at radius 3 is 2.24 bits per heavy atom. The minimum absolute atomic E-state index is 0.614. The van der Waals surface area contributed by atoms with Crippen LogP contribution in [0.4, 0.5) is 0 Å². The van der Waals surface area contributed by atoms with E-state index in [0.717, 1.165) is 28.7 Å². The van der Waals surface area contributed by atoms with E-state index in [4.69, 9.17) is 14.2 Å². The Kier molecular flexibility index (Phi) is 7.33. The van der Waals surface area contributed by atoms with Crippen molar-refractivity contribution in [3.05, 3.63) is 35.9 Å². The molecule has 0 atom stereocenters. The average Bonchev–Trinajstić information content (AvgIpc) is 3.18. The molecule has 0 aliphatic rings. The van der Waals surface area contributed by atoms with Crippen molar-refractivity contribution in [3.8, 4) is 22.9 Å². The zero-order chi connectivity index (χ0) is 20.6. The van der Waals surface area contributed by atoms with E-state index in [9.17, 15) is 0 Å². The lowest BCUT2D eigenvalue weighted by Gasteiger charge is -2.16. The van der Waals surface area contributed by atoms with E-state index >= 15 is 0 Å². The van der Waals surface area contributed by atoms with E-state index < -0.39 is 0 Å². The maximum Gasteiger partial charge on any atom is 0.203 e. The van der Waals surface area contributed by atoms with Gasteiger partial charge in [0, 0.05) is 12.1 Å². The summed E-state index contributed by atoms with van der Waals surface area (Å²) in [6.07, 6.45) is 7.30. The Morgan fingerprint density at radius 2 is 1.59 bits per heavy atom. The molecule has 0 aliphatic carbocycles. The molecule has 6 nitrogen and oxygen atoms in total. The fraction of sp³-hybridized carbons (Fsp3) is 0.478. The molecule has 0 saturated carbocycles. The fourth-order valence-corrected chi connectivity index (χ4v) is 3.37. The van der Waals surface area contributed by atoms with Gasteiger partial charge in [0.25, 0.3) is 0 Å². The summed E-state index contributed by atoms with van der Waals surface area (Å²) < 4.78 is 17.2. The smallest absolute Gasteiger partial charge is 0.203 e. The van der Waals surface area contributed by atoms with Gasteiger partial charge in [0.15, 0.2) is 11.5 Å². The molecule has 29 heavy (non-hydrogen) atoms. The van der Waals surface area contributed by atoms with E-state index in [1.54, 1.807) is 19.0 Å². The predicted molar refractivity (Wildman–Crippen MR) is 116 cm³/mol. The molecule has 6 heteroatoms. The minimum atomic E-state index is 0.614. The van der Waals surface area contributed by atoms with Crippen molar-refractivity contribution in [3.63, 3.8) is 0 Å². The first-order valence-electron chi connectivity index (χ1n) is 10.4. The van der Waals surface area contributed by atoms with Crippen LogP contribution in [0.3, 0.4) is 0 Å². The van der Waals surface area contributed by atoms with E-state index in [-0.39, 0.29) is 0 Å². The number of aromatic nitrogens is 3. The van der Waals surface area contributed by atoms with E-state index in [0.29, 0.717) is 23.9 Å². The molecule has 0 N–H and O–H groups in total. The largest absolute Gasteiger partial charge is 0.493 e. The Bertz CT molecular complexity index is 911. The van der Waals surface area contributed by atoms with Gasteiger partial charge >= 0.3 is 0 Å². The van der Waals surface area contributed by atoms with Crippen LogP contribution in [0.1, 0.15) is 51.0 Å². The van der Waals surface area contributed by atoms with Gasteiger partial charge in [0.05, 0.1) is 26.5 Å². The number of ether oxygens (including phenoxy) is 3. The quantitative estimate of drug-likeness (QED) is 0.401. The molecule has 0 radical (unpaired) electrons. The van der Waals surface area contributed by atoms with Crippen molar-refractivity contribution < 1.29 is 14.2 Å². The van der Waals surface area contributed by atoms with Crippen molar-refractivity contribution in [1.29, 1.82) is 0 Å². The predicted octanol–water partition coefficient (Wildman–Crippen LogP) is 5.49. The van der Waals surface area contributed by atoms with Crippen LogP contribution < -0.4 is 14.2 Å². The molecule has 0 aliphatic heterocycles. The highest BCUT2D eigenvalue weighted by Crippen LogP contribution is 2.39. The summed E-state index contributed by atoms with van der Waals surface area (Å²) in [7, 11) is 3.26. The van der Waals surface area contributed by atoms with Crippen molar-refractivity contribution in [1.82, 2.24) is 15.0 Å². The summed E-state index contributed by atoms with van der Waals surface area (Å²) in [6, 6.07) is 9.73.